The lowest BCUT2D eigenvalue weighted by atomic mass is 10.1. The summed E-state index contributed by atoms with van der Waals surface area (Å²) >= 11 is 0. The lowest BCUT2D eigenvalue weighted by molar-refractivity contribution is -0.140. The Balaban J connectivity index is 2.50. The first-order valence-corrected chi connectivity index (χ1v) is 13.8. The highest BCUT2D eigenvalue weighted by Gasteiger charge is 2.33. The third-order valence-electron chi connectivity index (χ3n) is 5.99. The predicted molar refractivity (Wildman–Crippen MR) is 141 cm³/mol. The number of nitrogens with one attached hydrogen (secondary N) is 1. The van der Waals surface area contributed by atoms with E-state index in [-0.39, 0.29) is 29.9 Å². The normalized spacial score (nSPS) is 12.8. The van der Waals surface area contributed by atoms with Gasteiger partial charge in [-0.25, -0.2) is 12.8 Å². The van der Waals surface area contributed by atoms with Crippen LogP contribution in [0.1, 0.15) is 39.2 Å². The van der Waals surface area contributed by atoms with Crippen LogP contribution < -0.4 is 19.1 Å². The molecule has 2 aromatic rings. The Morgan fingerprint density at radius 1 is 1.03 bits per heavy atom. The van der Waals surface area contributed by atoms with Crippen LogP contribution in [0.4, 0.5) is 10.1 Å². The van der Waals surface area contributed by atoms with Gasteiger partial charge in [0.2, 0.25) is 21.8 Å². The summed E-state index contributed by atoms with van der Waals surface area (Å²) < 4.78 is 50.6. The molecule has 0 fully saturated rings. The van der Waals surface area contributed by atoms with Gasteiger partial charge in [-0.05, 0) is 49.6 Å². The molecule has 9 nitrogen and oxygen atoms in total. The molecule has 0 heterocycles. The second kappa shape index (κ2) is 13.3. The second-order valence-corrected chi connectivity index (χ2v) is 10.6. The third-order valence-corrected chi connectivity index (χ3v) is 7.11. The molecule has 11 heteroatoms. The van der Waals surface area contributed by atoms with Gasteiger partial charge in [-0.1, -0.05) is 26.0 Å². The molecule has 37 heavy (non-hydrogen) atoms. The number of anilines is 1. The maximum atomic E-state index is 13.7. The standard InChI is InChI=1S/C26H36FN3O6S/c1-7-18(3)28-26(32)22(8-2)29(16-19-9-11-20(27)12-10-19)25(31)17-30(37(6,33)34)23-14-13-21(35-4)15-24(23)36-5/h9-15,18,22H,7-8,16-17H2,1-6H3,(H,28,32)/t18-,22+/m1/s1. The molecule has 2 amide bonds. The van der Waals surface area contributed by atoms with Gasteiger partial charge in [-0.2, -0.15) is 0 Å². The molecule has 0 radical (unpaired) electrons. The van der Waals surface area contributed by atoms with E-state index in [9.17, 15) is 22.4 Å². The van der Waals surface area contributed by atoms with Crippen LogP contribution in [-0.2, 0) is 26.2 Å². The smallest absolute Gasteiger partial charge is 0.244 e. The molecule has 2 aromatic carbocycles. The first kappa shape index (κ1) is 29.9. The van der Waals surface area contributed by atoms with Gasteiger partial charge >= 0.3 is 0 Å². The molecule has 2 atom stereocenters. The topological polar surface area (TPSA) is 105 Å². The minimum atomic E-state index is -3.94. The lowest BCUT2D eigenvalue weighted by Gasteiger charge is -2.33. The number of carbonyl (C=O) groups is 2. The van der Waals surface area contributed by atoms with Crippen molar-refractivity contribution in [3.63, 3.8) is 0 Å². The molecule has 0 bridgehead atoms. The number of nitrogens with zero attached hydrogens (tertiary/aromatic N) is 2. The van der Waals surface area contributed by atoms with Gasteiger partial charge in [-0.15, -0.1) is 0 Å². The molecular weight excluding hydrogens is 501 g/mol. The summed E-state index contributed by atoms with van der Waals surface area (Å²) in [6, 6.07) is 9.17. The van der Waals surface area contributed by atoms with Crippen molar-refractivity contribution >= 4 is 27.5 Å². The van der Waals surface area contributed by atoms with Crippen molar-refractivity contribution in [2.24, 2.45) is 0 Å². The van der Waals surface area contributed by atoms with Gasteiger partial charge in [0.05, 0.1) is 26.2 Å². The van der Waals surface area contributed by atoms with Crippen LogP contribution in [0.25, 0.3) is 0 Å². The Morgan fingerprint density at radius 2 is 1.68 bits per heavy atom. The molecule has 204 valence electrons. The minimum absolute atomic E-state index is 0.0110. The number of hydrogen-bond acceptors (Lipinski definition) is 6. The van der Waals surface area contributed by atoms with E-state index >= 15 is 0 Å². The molecule has 0 unspecified atom stereocenters. The van der Waals surface area contributed by atoms with Crippen molar-refractivity contribution in [3.05, 3.63) is 53.8 Å². The number of sulfonamides is 1. The lowest BCUT2D eigenvalue weighted by Crippen LogP contribution is -2.53. The van der Waals surface area contributed by atoms with Crippen molar-refractivity contribution in [2.75, 3.05) is 31.3 Å². The highest BCUT2D eigenvalue weighted by atomic mass is 32.2. The quantitative estimate of drug-likeness (QED) is 0.420. The van der Waals surface area contributed by atoms with Gasteiger partial charge in [0.1, 0.15) is 29.9 Å². The van der Waals surface area contributed by atoms with Gasteiger partial charge in [0, 0.05) is 18.7 Å². The molecule has 2 rings (SSSR count). The van der Waals surface area contributed by atoms with E-state index in [0.717, 1.165) is 10.6 Å². The zero-order valence-corrected chi connectivity index (χ0v) is 23.0. The Kier molecular flexibility index (Phi) is 10.7. The summed E-state index contributed by atoms with van der Waals surface area (Å²) in [7, 11) is -1.09. The number of amides is 2. The fourth-order valence-electron chi connectivity index (χ4n) is 3.73. The van der Waals surface area contributed by atoms with Crippen molar-refractivity contribution in [3.8, 4) is 11.5 Å². The van der Waals surface area contributed by atoms with E-state index in [1.165, 1.54) is 55.5 Å². The average molecular weight is 538 g/mol. The van der Waals surface area contributed by atoms with Crippen LogP contribution >= 0.6 is 0 Å². The average Bonchev–Trinajstić information content (AvgIpc) is 2.86. The maximum absolute atomic E-state index is 13.7. The van der Waals surface area contributed by atoms with Gasteiger partial charge in [0.15, 0.2) is 0 Å². The van der Waals surface area contributed by atoms with E-state index in [0.29, 0.717) is 24.2 Å². The van der Waals surface area contributed by atoms with Crippen LogP contribution in [0.15, 0.2) is 42.5 Å². The van der Waals surface area contributed by atoms with Crippen molar-refractivity contribution in [1.82, 2.24) is 10.2 Å². The molecule has 0 aliphatic carbocycles. The molecule has 0 saturated carbocycles. The van der Waals surface area contributed by atoms with E-state index in [1.807, 2.05) is 13.8 Å². The maximum Gasteiger partial charge on any atom is 0.244 e. The Labute approximate surface area is 218 Å². The van der Waals surface area contributed by atoms with Gasteiger partial charge < -0.3 is 19.7 Å². The van der Waals surface area contributed by atoms with Crippen molar-refractivity contribution in [1.29, 1.82) is 0 Å². The summed E-state index contributed by atoms with van der Waals surface area (Å²) in [5, 5.41) is 2.90. The highest BCUT2D eigenvalue weighted by molar-refractivity contribution is 7.92. The van der Waals surface area contributed by atoms with Crippen molar-refractivity contribution in [2.45, 2.75) is 52.2 Å². The molecule has 0 aliphatic rings. The van der Waals surface area contributed by atoms with E-state index in [4.69, 9.17) is 9.47 Å². The summed E-state index contributed by atoms with van der Waals surface area (Å²) in [5.41, 5.74) is 0.746. The van der Waals surface area contributed by atoms with E-state index < -0.39 is 34.3 Å². The number of hydrogen-bond donors (Lipinski definition) is 1. The summed E-state index contributed by atoms with van der Waals surface area (Å²) in [6.45, 7) is 4.98. The second-order valence-electron chi connectivity index (χ2n) is 8.70. The number of benzene rings is 2. The van der Waals surface area contributed by atoms with Crippen LogP contribution in [0, 0.1) is 5.82 Å². The first-order chi connectivity index (χ1) is 17.4. The van der Waals surface area contributed by atoms with Crippen molar-refractivity contribution < 1.29 is 31.9 Å². The first-order valence-electron chi connectivity index (χ1n) is 12.0. The Morgan fingerprint density at radius 3 is 2.19 bits per heavy atom. The summed E-state index contributed by atoms with van der Waals surface area (Å²) in [6.07, 6.45) is 1.98. The molecule has 0 aromatic heterocycles. The summed E-state index contributed by atoms with van der Waals surface area (Å²) in [4.78, 5) is 28.2. The molecule has 0 saturated heterocycles. The third kappa shape index (κ3) is 8.08. The number of carbonyl (C=O) groups excluding carboxylic acids is 2. The van der Waals surface area contributed by atoms with Crippen LogP contribution in [0.5, 0.6) is 11.5 Å². The fraction of sp³-hybridized carbons (Fsp3) is 0.462. The zero-order valence-electron chi connectivity index (χ0n) is 22.2. The largest absolute Gasteiger partial charge is 0.497 e. The van der Waals surface area contributed by atoms with Gasteiger partial charge in [0.25, 0.3) is 0 Å². The molecule has 1 N–H and O–H groups in total. The summed E-state index contributed by atoms with van der Waals surface area (Å²) in [5.74, 6) is -0.729. The van der Waals surface area contributed by atoms with E-state index in [2.05, 4.69) is 5.32 Å². The number of halogens is 1. The highest BCUT2D eigenvalue weighted by Crippen LogP contribution is 2.33. The fourth-order valence-corrected chi connectivity index (χ4v) is 4.59. The van der Waals surface area contributed by atoms with E-state index in [1.54, 1.807) is 13.0 Å². The molecular formula is C26H36FN3O6S. The number of methoxy groups -OCH3 is 2. The minimum Gasteiger partial charge on any atom is -0.497 e. The number of ether oxygens (including phenoxy) is 2. The van der Waals surface area contributed by atoms with Gasteiger partial charge in [-0.3, -0.25) is 13.9 Å². The van der Waals surface area contributed by atoms with Crippen LogP contribution in [0.3, 0.4) is 0 Å². The monoisotopic (exact) mass is 537 g/mol. The molecule has 0 aliphatic heterocycles. The zero-order chi connectivity index (χ0) is 27.8. The SMILES string of the molecule is CC[C@@H](C)NC(=O)[C@H](CC)N(Cc1ccc(F)cc1)C(=O)CN(c1ccc(OC)cc1OC)S(C)(=O)=O. The Bertz CT molecular complexity index is 1170. The van der Waals surface area contributed by atoms with Crippen LogP contribution in [-0.4, -0.2) is 64.2 Å². The predicted octanol–water partition coefficient (Wildman–Crippen LogP) is 3.33. The number of rotatable bonds is 13. The van der Waals surface area contributed by atoms with Crippen LogP contribution in [0.2, 0.25) is 0 Å². The molecule has 0 spiro atoms. The Hall–Kier alpha value is -3.34.